The first-order valence-corrected chi connectivity index (χ1v) is 5.74. The van der Waals surface area contributed by atoms with Crippen molar-refractivity contribution in [2.45, 2.75) is 26.7 Å². The van der Waals surface area contributed by atoms with Crippen LogP contribution in [0.15, 0.2) is 24.3 Å². The van der Waals surface area contributed by atoms with Gasteiger partial charge in [-0.15, -0.1) is 0 Å². The van der Waals surface area contributed by atoms with Crippen molar-refractivity contribution in [1.29, 1.82) is 0 Å². The third-order valence-corrected chi connectivity index (χ3v) is 2.78. The first kappa shape index (κ1) is 13.4. The van der Waals surface area contributed by atoms with E-state index in [2.05, 4.69) is 4.74 Å². The van der Waals surface area contributed by atoms with Crippen LogP contribution in [-0.2, 0) is 20.7 Å². The minimum absolute atomic E-state index is 0.0804. The van der Waals surface area contributed by atoms with E-state index in [1.54, 1.807) is 0 Å². The maximum atomic E-state index is 11.9. The molecule has 0 bridgehead atoms. The summed E-state index contributed by atoms with van der Waals surface area (Å²) in [5, 5.41) is 0. The van der Waals surface area contributed by atoms with Crippen molar-refractivity contribution in [3.05, 3.63) is 35.4 Å². The van der Waals surface area contributed by atoms with Gasteiger partial charge in [0.2, 0.25) is 0 Å². The zero-order chi connectivity index (χ0) is 12.8. The van der Waals surface area contributed by atoms with Crippen molar-refractivity contribution >= 4 is 11.8 Å². The Kier molecular flexibility index (Phi) is 4.88. The molecule has 1 rings (SSSR count). The molecule has 0 radical (unpaired) electrons. The summed E-state index contributed by atoms with van der Waals surface area (Å²) in [5.74, 6) is -1.16. The molecule has 17 heavy (non-hydrogen) atoms. The number of hydrogen-bond acceptors (Lipinski definition) is 3. The van der Waals surface area contributed by atoms with E-state index in [4.69, 9.17) is 0 Å². The average Bonchev–Trinajstić information content (AvgIpc) is 2.32. The van der Waals surface area contributed by atoms with E-state index in [-0.39, 0.29) is 12.2 Å². The smallest absolute Gasteiger partial charge is 0.316 e. The first-order chi connectivity index (χ1) is 8.08. The Balaban J connectivity index is 2.70. The van der Waals surface area contributed by atoms with Gasteiger partial charge in [0, 0.05) is 6.42 Å². The van der Waals surface area contributed by atoms with Crippen LogP contribution in [0.1, 0.15) is 24.5 Å². The van der Waals surface area contributed by atoms with Crippen molar-refractivity contribution in [2.24, 2.45) is 5.92 Å². The predicted molar refractivity (Wildman–Crippen MR) is 65.7 cm³/mol. The monoisotopic (exact) mass is 234 g/mol. The lowest BCUT2D eigenvalue weighted by molar-refractivity contribution is -0.149. The van der Waals surface area contributed by atoms with E-state index >= 15 is 0 Å². The molecule has 0 heterocycles. The lowest BCUT2D eigenvalue weighted by atomic mass is 9.95. The molecular weight excluding hydrogens is 216 g/mol. The quantitative estimate of drug-likeness (QED) is 0.580. The van der Waals surface area contributed by atoms with Gasteiger partial charge in [-0.1, -0.05) is 36.8 Å². The van der Waals surface area contributed by atoms with Gasteiger partial charge in [0.1, 0.15) is 5.92 Å². The molecule has 0 aromatic heterocycles. The second kappa shape index (κ2) is 6.18. The summed E-state index contributed by atoms with van der Waals surface area (Å²) in [4.78, 5) is 23.3. The van der Waals surface area contributed by atoms with Crippen molar-refractivity contribution < 1.29 is 14.3 Å². The number of ketones is 1. The lowest BCUT2D eigenvalue weighted by Gasteiger charge is -2.11. The number of Topliss-reactive ketones (excluding diaryl/α,β-unsaturated/α-hetero) is 1. The van der Waals surface area contributed by atoms with Gasteiger partial charge in [-0.25, -0.2) is 0 Å². The molecule has 0 amide bonds. The number of methoxy groups -OCH3 is 1. The molecule has 0 saturated carbocycles. The Morgan fingerprint density at radius 3 is 2.29 bits per heavy atom. The van der Waals surface area contributed by atoms with Crippen molar-refractivity contribution in [3.63, 3.8) is 0 Å². The summed E-state index contributed by atoms with van der Waals surface area (Å²) in [5.41, 5.74) is 2.09. The number of ether oxygens (including phenoxy) is 1. The van der Waals surface area contributed by atoms with Crippen LogP contribution in [0, 0.1) is 12.8 Å². The number of carbonyl (C=O) groups is 2. The third-order valence-electron chi connectivity index (χ3n) is 2.78. The molecule has 0 aliphatic carbocycles. The number of rotatable bonds is 5. The van der Waals surface area contributed by atoms with Gasteiger partial charge in [0.25, 0.3) is 0 Å². The SMILES string of the molecule is CCC(C(=O)Cc1ccc(C)cc1)C(=O)OC. The molecule has 3 heteroatoms. The fourth-order valence-corrected chi connectivity index (χ4v) is 1.70. The van der Waals surface area contributed by atoms with Crippen LogP contribution in [0.5, 0.6) is 0 Å². The van der Waals surface area contributed by atoms with Gasteiger partial charge in [0.05, 0.1) is 7.11 Å². The van der Waals surface area contributed by atoms with Gasteiger partial charge in [-0.05, 0) is 18.9 Å². The van der Waals surface area contributed by atoms with Gasteiger partial charge >= 0.3 is 5.97 Å². The van der Waals surface area contributed by atoms with Crippen LogP contribution in [-0.4, -0.2) is 18.9 Å². The van der Waals surface area contributed by atoms with Gasteiger partial charge in [-0.2, -0.15) is 0 Å². The van der Waals surface area contributed by atoms with Crippen LogP contribution >= 0.6 is 0 Å². The topological polar surface area (TPSA) is 43.4 Å². The van der Waals surface area contributed by atoms with Crippen LogP contribution in [0.4, 0.5) is 0 Å². The number of hydrogen-bond donors (Lipinski definition) is 0. The fraction of sp³-hybridized carbons (Fsp3) is 0.429. The highest BCUT2D eigenvalue weighted by molar-refractivity contribution is 5.99. The number of esters is 1. The molecule has 1 aromatic carbocycles. The summed E-state index contributed by atoms with van der Waals surface area (Å²) >= 11 is 0. The van der Waals surface area contributed by atoms with E-state index in [1.165, 1.54) is 7.11 Å². The highest BCUT2D eigenvalue weighted by atomic mass is 16.5. The van der Waals surface area contributed by atoms with Crippen molar-refractivity contribution in [3.8, 4) is 0 Å². The summed E-state index contributed by atoms with van der Waals surface area (Å²) in [6.07, 6.45) is 0.769. The zero-order valence-electron chi connectivity index (χ0n) is 10.5. The maximum absolute atomic E-state index is 11.9. The minimum Gasteiger partial charge on any atom is -0.468 e. The standard InChI is InChI=1S/C14H18O3/c1-4-12(14(16)17-3)13(15)9-11-7-5-10(2)6-8-11/h5-8,12H,4,9H2,1-3H3. The highest BCUT2D eigenvalue weighted by Crippen LogP contribution is 2.12. The van der Waals surface area contributed by atoms with E-state index in [9.17, 15) is 9.59 Å². The molecule has 1 atom stereocenters. The van der Waals surface area contributed by atoms with E-state index in [1.807, 2.05) is 38.1 Å². The zero-order valence-corrected chi connectivity index (χ0v) is 10.5. The van der Waals surface area contributed by atoms with Crippen molar-refractivity contribution in [1.82, 2.24) is 0 Å². The molecule has 0 saturated heterocycles. The third kappa shape index (κ3) is 3.70. The number of carbonyl (C=O) groups excluding carboxylic acids is 2. The molecule has 0 aliphatic rings. The predicted octanol–water partition coefficient (Wildman–Crippen LogP) is 2.31. The van der Waals surface area contributed by atoms with Crippen LogP contribution in [0.2, 0.25) is 0 Å². The minimum atomic E-state index is -0.638. The summed E-state index contributed by atoms with van der Waals surface area (Å²) in [7, 11) is 1.31. The van der Waals surface area contributed by atoms with E-state index < -0.39 is 11.9 Å². The highest BCUT2D eigenvalue weighted by Gasteiger charge is 2.25. The second-order valence-electron chi connectivity index (χ2n) is 4.11. The molecule has 1 aromatic rings. The van der Waals surface area contributed by atoms with E-state index in [0.717, 1.165) is 11.1 Å². The molecule has 3 nitrogen and oxygen atoms in total. The maximum Gasteiger partial charge on any atom is 0.316 e. The molecule has 0 aliphatic heterocycles. The molecule has 1 unspecified atom stereocenters. The second-order valence-corrected chi connectivity index (χ2v) is 4.11. The van der Waals surface area contributed by atoms with E-state index in [0.29, 0.717) is 6.42 Å². The number of benzene rings is 1. The van der Waals surface area contributed by atoms with Gasteiger partial charge < -0.3 is 4.74 Å². The largest absolute Gasteiger partial charge is 0.468 e. The average molecular weight is 234 g/mol. The normalized spacial score (nSPS) is 11.9. The molecule has 0 fully saturated rings. The summed E-state index contributed by atoms with van der Waals surface area (Å²) in [6, 6.07) is 7.75. The first-order valence-electron chi connectivity index (χ1n) is 5.74. The Hall–Kier alpha value is -1.64. The molecular formula is C14H18O3. The Labute approximate surface area is 102 Å². The molecule has 0 spiro atoms. The van der Waals surface area contributed by atoms with Crippen LogP contribution in [0.3, 0.4) is 0 Å². The molecule has 0 N–H and O–H groups in total. The summed E-state index contributed by atoms with van der Waals surface area (Å²) in [6.45, 7) is 3.81. The van der Waals surface area contributed by atoms with Crippen LogP contribution < -0.4 is 0 Å². The fourth-order valence-electron chi connectivity index (χ4n) is 1.70. The summed E-state index contributed by atoms with van der Waals surface area (Å²) < 4.78 is 4.62. The Morgan fingerprint density at radius 1 is 1.24 bits per heavy atom. The van der Waals surface area contributed by atoms with Gasteiger partial charge in [-0.3, -0.25) is 9.59 Å². The number of aryl methyl sites for hydroxylation is 1. The van der Waals surface area contributed by atoms with Gasteiger partial charge in [0.15, 0.2) is 5.78 Å². The van der Waals surface area contributed by atoms with Crippen LogP contribution in [0.25, 0.3) is 0 Å². The lowest BCUT2D eigenvalue weighted by Crippen LogP contribution is -2.26. The Morgan fingerprint density at radius 2 is 1.82 bits per heavy atom. The van der Waals surface area contributed by atoms with Crippen molar-refractivity contribution in [2.75, 3.05) is 7.11 Å². The molecule has 92 valence electrons. The Bertz CT molecular complexity index is 392.